The van der Waals surface area contributed by atoms with Gasteiger partial charge in [0.05, 0.1) is 23.1 Å². The maximum atomic E-state index is 11.5. The van der Waals surface area contributed by atoms with Gasteiger partial charge in [-0.2, -0.15) is 12.1 Å². The Bertz CT molecular complexity index is 1130. The van der Waals surface area contributed by atoms with Crippen LogP contribution in [0.4, 0.5) is 10.8 Å². The number of anilines is 2. The fourth-order valence-corrected chi connectivity index (χ4v) is 3.51. The zero-order chi connectivity index (χ0) is 18.3. The molecule has 27 heavy (non-hydrogen) atoms. The van der Waals surface area contributed by atoms with Crippen LogP contribution in [0, 0.1) is 44.1 Å². The third-order valence-electron chi connectivity index (χ3n) is 4.19. The quantitative estimate of drug-likeness (QED) is 0.351. The molecule has 0 radical (unpaired) electrons. The summed E-state index contributed by atoms with van der Waals surface area (Å²) in [4.78, 5) is 20.5. The number of hydrogen-bond acceptors (Lipinski definition) is 5. The molecule has 0 saturated heterocycles. The first-order chi connectivity index (χ1) is 12.5. The van der Waals surface area contributed by atoms with Crippen molar-refractivity contribution < 1.29 is 35.9 Å². The van der Waals surface area contributed by atoms with Crippen LogP contribution >= 0.6 is 11.3 Å². The van der Waals surface area contributed by atoms with E-state index in [1.807, 2.05) is 42.1 Å². The Kier molecular flexibility index (Phi) is 5.70. The number of nitrogens with zero attached hydrogens (tertiary/aromatic N) is 3. The molecule has 0 unspecified atom stereocenters. The SMILES string of the molecule is Cc1c[c-]c(Nc2nc(-c3ccc4c(c3)ncn4C)cs2)cc1C(N)=O.[U]. The smallest absolute Gasteiger partial charge is 0.224 e. The van der Waals surface area contributed by atoms with Crippen molar-refractivity contribution in [2.24, 2.45) is 12.8 Å². The largest absolute Gasteiger partial charge is 0.367 e. The molecule has 134 valence electrons. The van der Waals surface area contributed by atoms with Gasteiger partial charge in [0.2, 0.25) is 5.91 Å². The number of nitrogens with one attached hydrogen (secondary N) is 1. The molecular weight excluding hydrogens is 584 g/mol. The van der Waals surface area contributed by atoms with E-state index in [1.165, 1.54) is 11.3 Å². The van der Waals surface area contributed by atoms with E-state index >= 15 is 0 Å². The predicted octanol–water partition coefficient (Wildman–Crippen LogP) is 3.65. The number of thiazole rings is 1. The fraction of sp³-hybridized carbons (Fsp3) is 0.105. The minimum absolute atomic E-state index is 0. The maximum Gasteiger partial charge on any atom is 0.224 e. The number of amides is 1. The number of primary amides is 1. The normalized spacial score (nSPS) is 10.6. The molecule has 3 N–H and O–H groups in total. The van der Waals surface area contributed by atoms with Gasteiger partial charge in [-0.05, 0) is 12.1 Å². The molecule has 8 heteroatoms. The van der Waals surface area contributed by atoms with Crippen LogP contribution in [0.3, 0.4) is 0 Å². The van der Waals surface area contributed by atoms with Gasteiger partial charge in [-0.3, -0.25) is 4.79 Å². The van der Waals surface area contributed by atoms with E-state index in [4.69, 9.17) is 5.73 Å². The van der Waals surface area contributed by atoms with Crippen molar-refractivity contribution in [3.8, 4) is 11.3 Å². The second kappa shape index (κ2) is 7.85. The summed E-state index contributed by atoms with van der Waals surface area (Å²) in [5.74, 6) is -0.456. The van der Waals surface area contributed by atoms with Gasteiger partial charge in [0, 0.05) is 49.1 Å². The number of benzene rings is 2. The molecule has 2 aromatic carbocycles. The van der Waals surface area contributed by atoms with Crippen molar-refractivity contribution in [3.05, 3.63) is 59.2 Å². The first-order valence-corrected chi connectivity index (χ1v) is 8.85. The zero-order valence-electron chi connectivity index (χ0n) is 14.8. The summed E-state index contributed by atoms with van der Waals surface area (Å²) in [6.07, 6.45) is 1.80. The second-order valence-corrected chi connectivity index (χ2v) is 6.89. The van der Waals surface area contributed by atoms with E-state index in [0.717, 1.165) is 33.0 Å². The van der Waals surface area contributed by atoms with Gasteiger partial charge in [0.25, 0.3) is 0 Å². The Morgan fingerprint density at radius 1 is 1.33 bits per heavy atom. The predicted molar refractivity (Wildman–Crippen MR) is 104 cm³/mol. The number of imidazole rings is 1. The minimum atomic E-state index is -0.456. The third kappa shape index (κ3) is 3.93. The first-order valence-electron chi connectivity index (χ1n) is 7.97. The molecule has 4 rings (SSSR count). The summed E-state index contributed by atoms with van der Waals surface area (Å²) in [6, 6.07) is 12.6. The van der Waals surface area contributed by atoms with Crippen LogP contribution in [-0.2, 0) is 7.05 Å². The Hall–Kier alpha value is -2.14. The Balaban J connectivity index is 0.00000210. The number of aromatic nitrogens is 3. The van der Waals surface area contributed by atoms with Gasteiger partial charge in [0.15, 0.2) is 5.13 Å². The molecule has 0 aliphatic heterocycles. The summed E-state index contributed by atoms with van der Waals surface area (Å²) >= 11 is 1.48. The van der Waals surface area contributed by atoms with Gasteiger partial charge in [-0.1, -0.05) is 24.2 Å². The molecule has 0 spiro atoms. The average Bonchev–Trinajstić information content (AvgIpc) is 3.23. The van der Waals surface area contributed by atoms with Crippen molar-refractivity contribution >= 4 is 39.1 Å². The molecule has 2 heterocycles. The maximum absolute atomic E-state index is 11.5. The van der Waals surface area contributed by atoms with Crippen LogP contribution in [0.25, 0.3) is 22.3 Å². The third-order valence-corrected chi connectivity index (χ3v) is 4.95. The summed E-state index contributed by atoms with van der Waals surface area (Å²) in [6.45, 7) is 1.83. The summed E-state index contributed by atoms with van der Waals surface area (Å²) < 4.78 is 1.98. The number of nitrogens with two attached hydrogens (primary N) is 1. The molecule has 0 saturated carbocycles. The van der Waals surface area contributed by atoms with Crippen molar-refractivity contribution in [1.82, 2.24) is 14.5 Å². The molecule has 2 aromatic heterocycles. The van der Waals surface area contributed by atoms with Gasteiger partial charge in [-0.25, -0.2) is 9.97 Å². The number of rotatable bonds is 4. The summed E-state index contributed by atoms with van der Waals surface area (Å²) in [5.41, 5.74) is 11.2. The first kappa shape index (κ1) is 19.6. The molecule has 0 bridgehead atoms. The molecule has 6 nitrogen and oxygen atoms in total. The van der Waals surface area contributed by atoms with Gasteiger partial charge in [0.1, 0.15) is 0 Å². The summed E-state index contributed by atoms with van der Waals surface area (Å²) in [5, 5.41) is 5.88. The molecule has 0 aliphatic carbocycles. The molecule has 4 aromatic rings. The molecule has 0 aliphatic rings. The Morgan fingerprint density at radius 2 is 2.15 bits per heavy atom. The van der Waals surface area contributed by atoms with Crippen LogP contribution in [-0.4, -0.2) is 20.4 Å². The number of carbonyl (C=O) groups is 1. The van der Waals surface area contributed by atoms with Crippen molar-refractivity contribution in [2.45, 2.75) is 6.92 Å². The second-order valence-electron chi connectivity index (χ2n) is 6.03. The van der Waals surface area contributed by atoms with Crippen molar-refractivity contribution in [2.75, 3.05) is 5.32 Å². The van der Waals surface area contributed by atoms with E-state index in [1.54, 1.807) is 18.5 Å². The van der Waals surface area contributed by atoms with Crippen molar-refractivity contribution in [1.29, 1.82) is 0 Å². The van der Waals surface area contributed by atoms with Crippen LogP contribution < -0.4 is 11.1 Å². The Morgan fingerprint density at radius 3 is 2.93 bits per heavy atom. The van der Waals surface area contributed by atoms with E-state index < -0.39 is 5.91 Å². The van der Waals surface area contributed by atoms with Crippen molar-refractivity contribution in [3.63, 3.8) is 0 Å². The molecule has 0 fully saturated rings. The monoisotopic (exact) mass is 600 g/mol. The van der Waals surface area contributed by atoms with Crippen LogP contribution in [0.5, 0.6) is 0 Å². The van der Waals surface area contributed by atoms with Gasteiger partial charge < -0.3 is 15.6 Å². The minimum Gasteiger partial charge on any atom is -0.367 e. The van der Waals surface area contributed by atoms with E-state index in [-0.39, 0.29) is 31.1 Å². The van der Waals surface area contributed by atoms with E-state index in [0.29, 0.717) is 11.3 Å². The standard InChI is InChI=1S/C19H16N5OS.U/c1-11-3-5-13(8-14(11)18(20)25)22-19-23-16(9-26-19)12-4-6-17-15(7-12)21-10-24(17)2;/h3-4,6-10H,1-2H3,(H2,20,25)(H,22,23);/q-1;. The zero-order valence-corrected chi connectivity index (χ0v) is 19.8. The Labute approximate surface area is 184 Å². The van der Waals surface area contributed by atoms with Crippen LogP contribution in [0.1, 0.15) is 15.9 Å². The topological polar surface area (TPSA) is 85.8 Å². The molecule has 0 atom stereocenters. The fourth-order valence-electron chi connectivity index (χ4n) is 2.78. The number of fused-ring (bicyclic) bond motifs is 1. The van der Waals surface area contributed by atoms with Gasteiger partial charge in [-0.15, -0.1) is 23.0 Å². The van der Waals surface area contributed by atoms with Crippen LogP contribution in [0.15, 0.2) is 42.0 Å². The number of carbonyl (C=O) groups excluding carboxylic acids is 1. The number of hydrogen-bond donors (Lipinski definition) is 2. The number of aryl methyl sites for hydroxylation is 2. The summed E-state index contributed by atoms with van der Waals surface area (Å²) in [7, 11) is 1.97. The average molecular weight is 600 g/mol. The molecular formula is C19H16N5OSU-. The van der Waals surface area contributed by atoms with Gasteiger partial charge >= 0.3 is 0 Å². The van der Waals surface area contributed by atoms with Crippen LogP contribution in [0.2, 0.25) is 0 Å². The van der Waals surface area contributed by atoms with E-state index in [9.17, 15) is 4.79 Å². The molecule has 1 amide bonds. The van der Waals surface area contributed by atoms with E-state index in [2.05, 4.69) is 21.4 Å².